The molecule has 1 N–H and O–H groups in total. The number of nitrogens with one attached hydrogen (secondary N) is 1. The molecule has 0 spiro atoms. The van der Waals surface area contributed by atoms with E-state index in [0.29, 0.717) is 6.04 Å². The standard InChI is InChI=1S/C13H21NO/c1-5-6-12(14-3)11-8-7-10(2)13(9-11)15-4/h7-9,12,14H,5-6H2,1-4H3. The van der Waals surface area contributed by atoms with Crippen LogP contribution >= 0.6 is 0 Å². The van der Waals surface area contributed by atoms with Gasteiger partial charge < -0.3 is 10.1 Å². The number of rotatable bonds is 5. The molecule has 0 heterocycles. The first-order valence-corrected chi connectivity index (χ1v) is 5.54. The van der Waals surface area contributed by atoms with Crippen molar-refractivity contribution < 1.29 is 4.74 Å². The fraction of sp³-hybridized carbons (Fsp3) is 0.538. The van der Waals surface area contributed by atoms with E-state index in [2.05, 4.69) is 37.4 Å². The maximum Gasteiger partial charge on any atom is 0.122 e. The molecule has 1 aromatic carbocycles. The van der Waals surface area contributed by atoms with E-state index in [1.807, 2.05) is 7.05 Å². The van der Waals surface area contributed by atoms with E-state index in [9.17, 15) is 0 Å². The zero-order valence-electron chi connectivity index (χ0n) is 10.1. The summed E-state index contributed by atoms with van der Waals surface area (Å²) >= 11 is 0. The van der Waals surface area contributed by atoms with E-state index in [-0.39, 0.29) is 0 Å². The Bertz CT molecular complexity index is 309. The molecule has 0 aromatic heterocycles. The Hall–Kier alpha value is -1.02. The van der Waals surface area contributed by atoms with Crippen LogP contribution in [0.3, 0.4) is 0 Å². The first-order chi connectivity index (χ1) is 7.22. The van der Waals surface area contributed by atoms with Crippen molar-refractivity contribution >= 4 is 0 Å². The van der Waals surface area contributed by atoms with Gasteiger partial charge in [0.2, 0.25) is 0 Å². The molecule has 1 rings (SSSR count). The van der Waals surface area contributed by atoms with Gasteiger partial charge in [0, 0.05) is 6.04 Å². The molecule has 0 radical (unpaired) electrons. The lowest BCUT2D eigenvalue weighted by Crippen LogP contribution is -2.16. The molecule has 0 aliphatic rings. The van der Waals surface area contributed by atoms with Crippen LogP contribution in [0.25, 0.3) is 0 Å². The SMILES string of the molecule is CCCC(NC)c1ccc(C)c(OC)c1. The predicted octanol–water partition coefficient (Wildman–Crippen LogP) is 3.06. The lowest BCUT2D eigenvalue weighted by atomic mass is 10.0. The van der Waals surface area contributed by atoms with Crippen molar-refractivity contribution in [3.63, 3.8) is 0 Å². The average Bonchev–Trinajstić information content (AvgIpc) is 2.27. The quantitative estimate of drug-likeness (QED) is 0.801. The average molecular weight is 207 g/mol. The zero-order valence-corrected chi connectivity index (χ0v) is 10.1. The number of methoxy groups -OCH3 is 1. The summed E-state index contributed by atoms with van der Waals surface area (Å²) in [5.41, 5.74) is 2.49. The van der Waals surface area contributed by atoms with Gasteiger partial charge in [-0.3, -0.25) is 0 Å². The van der Waals surface area contributed by atoms with Crippen molar-refractivity contribution in [1.82, 2.24) is 5.32 Å². The van der Waals surface area contributed by atoms with E-state index in [4.69, 9.17) is 4.74 Å². The van der Waals surface area contributed by atoms with Crippen LogP contribution in [-0.2, 0) is 0 Å². The molecule has 0 saturated carbocycles. The number of ether oxygens (including phenoxy) is 1. The highest BCUT2D eigenvalue weighted by atomic mass is 16.5. The van der Waals surface area contributed by atoms with Gasteiger partial charge in [0.05, 0.1) is 7.11 Å². The Morgan fingerprint density at radius 3 is 2.67 bits per heavy atom. The number of hydrogen-bond acceptors (Lipinski definition) is 2. The fourth-order valence-electron chi connectivity index (χ4n) is 1.82. The first-order valence-electron chi connectivity index (χ1n) is 5.54. The third-order valence-corrected chi connectivity index (χ3v) is 2.76. The molecule has 1 aromatic rings. The zero-order chi connectivity index (χ0) is 11.3. The van der Waals surface area contributed by atoms with Crippen LogP contribution in [0.4, 0.5) is 0 Å². The molecule has 84 valence electrons. The van der Waals surface area contributed by atoms with E-state index >= 15 is 0 Å². The van der Waals surface area contributed by atoms with Gasteiger partial charge in [-0.05, 0) is 37.6 Å². The van der Waals surface area contributed by atoms with Gasteiger partial charge in [-0.2, -0.15) is 0 Å². The third kappa shape index (κ3) is 2.96. The van der Waals surface area contributed by atoms with Crippen LogP contribution in [0.2, 0.25) is 0 Å². The smallest absolute Gasteiger partial charge is 0.122 e. The van der Waals surface area contributed by atoms with Gasteiger partial charge in [-0.25, -0.2) is 0 Å². The molecule has 0 fully saturated rings. The van der Waals surface area contributed by atoms with Crippen molar-refractivity contribution in [3.05, 3.63) is 29.3 Å². The maximum atomic E-state index is 5.33. The predicted molar refractivity (Wildman–Crippen MR) is 64.4 cm³/mol. The molecule has 0 aliphatic heterocycles. The van der Waals surface area contributed by atoms with Crippen LogP contribution in [0.5, 0.6) is 5.75 Å². The summed E-state index contributed by atoms with van der Waals surface area (Å²) in [6.45, 7) is 4.27. The van der Waals surface area contributed by atoms with Crippen molar-refractivity contribution in [1.29, 1.82) is 0 Å². The minimum absolute atomic E-state index is 0.435. The summed E-state index contributed by atoms with van der Waals surface area (Å²) in [5, 5.41) is 3.33. The largest absolute Gasteiger partial charge is 0.496 e. The number of aryl methyl sites for hydroxylation is 1. The molecular weight excluding hydrogens is 186 g/mol. The van der Waals surface area contributed by atoms with E-state index in [0.717, 1.165) is 12.2 Å². The lowest BCUT2D eigenvalue weighted by Gasteiger charge is -2.17. The highest BCUT2D eigenvalue weighted by Gasteiger charge is 2.09. The van der Waals surface area contributed by atoms with Gasteiger partial charge in [0.1, 0.15) is 5.75 Å². The highest BCUT2D eigenvalue weighted by molar-refractivity contribution is 5.37. The second kappa shape index (κ2) is 5.76. The van der Waals surface area contributed by atoms with Crippen LogP contribution in [0, 0.1) is 6.92 Å². The van der Waals surface area contributed by atoms with Crippen molar-refractivity contribution in [2.45, 2.75) is 32.7 Å². The van der Waals surface area contributed by atoms with E-state index in [1.54, 1.807) is 7.11 Å². The Morgan fingerprint density at radius 1 is 1.40 bits per heavy atom. The van der Waals surface area contributed by atoms with E-state index in [1.165, 1.54) is 17.5 Å². The van der Waals surface area contributed by atoms with Crippen LogP contribution in [0.15, 0.2) is 18.2 Å². The Kier molecular flexibility index (Phi) is 4.63. The van der Waals surface area contributed by atoms with Gasteiger partial charge in [0.15, 0.2) is 0 Å². The summed E-state index contributed by atoms with van der Waals surface area (Å²) in [4.78, 5) is 0. The Labute approximate surface area is 92.6 Å². The summed E-state index contributed by atoms with van der Waals surface area (Å²) in [6.07, 6.45) is 2.34. The van der Waals surface area contributed by atoms with Crippen LogP contribution in [0.1, 0.15) is 36.9 Å². The van der Waals surface area contributed by atoms with Gasteiger partial charge >= 0.3 is 0 Å². The molecular formula is C13H21NO. The van der Waals surface area contributed by atoms with Gasteiger partial charge in [-0.1, -0.05) is 25.5 Å². The molecule has 1 unspecified atom stereocenters. The van der Waals surface area contributed by atoms with Crippen molar-refractivity contribution in [2.24, 2.45) is 0 Å². The molecule has 1 atom stereocenters. The minimum atomic E-state index is 0.435. The first kappa shape index (κ1) is 12.1. The molecule has 2 heteroatoms. The minimum Gasteiger partial charge on any atom is -0.496 e. The number of benzene rings is 1. The monoisotopic (exact) mass is 207 g/mol. The summed E-state index contributed by atoms with van der Waals surface area (Å²) in [5.74, 6) is 0.976. The Balaban J connectivity index is 2.92. The van der Waals surface area contributed by atoms with Crippen molar-refractivity contribution in [2.75, 3.05) is 14.2 Å². The molecule has 2 nitrogen and oxygen atoms in total. The molecule has 0 bridgehead atoms. The van der Waals surface area contributed by atoms with Gasteiger partial charge in [0.25, 0.3) is 0 Å². The summed E-state index contributed by atoms with van der Waals surface area (Å²) < 4.78 is 5.33. The maximum absolute atomic E-state index is 5.33. The second-order valence-corrected chi connectivity index (χ2v) is 3.86. The third-order valence-electron chi connectivity index (χ3n) is 2.76. The molecule has 15 heavy (non-hydrogen) atoms. The molecule has 0 saturated heterocycles. The molecule has 0 aliphatic carbocycles. The van der Waals surface area contributed by atoms with E-state index < -0.39 is 0 Å². The van der Waals surface area contributed by atoms with Gasteiger partial charge in [-0.15, -0.1) is 0 Å². The second-order valence-electron chi connectivity index (χ2n) is 3.86. The van der Waals surface area contributed by atoms with Crippen LogP contribution < -0.4 is 10.1 Å². The fourth-order valence-corrected chi connectivity index (χ4v) is 1.82. The van der Waals surface area contributed by atoms with Crippen LogP contribution in [-0.4, -0.2) is 14.2 Å². The topological polar surface area (TPSA) is 21.3 Å². The van der Waals surface area contributed by atoms with Crippen molar-refractivity contribution in [3.8, 4) is 5.75 Å². The molecule has 0 amide bonds. The lowest BCUT2D eigenvalue weighted by molar-refractivity contribution is 0.409. The number of hydrogen-bond donors (Lipinski definition) is 1. The summed E-state index contributed by atoms with van der Waals surface area (Å²) in [6, 6.07) is 6.86. The summed E-state index contributed by atoms with van der Waals surface area (Å²) in [7, 11) is 3.73. The highest BCUT2D eigenvalue weighted by Crippen LogP contribution is 2.25. The normalized spacial score (nSPS) is 12.5. The Morgan fingerprint density at radius 2 is 2.13 bits per heavy atom.